The highest BCUT2D eigenvalue weighted by atomic mass is 35.5. The lowest BCUT2D eigenvalue weighted by atomic mass is 10.3. The molecule has 2 rings (SSSR count). The summed E-state index contributed by atoms with van der Waals surface area (Å²) in [5, 5.41) is 6.94. The molecule has 0 amide bonds. The third kappa shape index (κ3) is 2.97. The first-order valence-electron chi connectivity index (χ1n) is 4.30. The van der Waals surface area contributed by atoms with Crippen LogP contribution in [0.15, 0.2) is 12.3 Å². The normalized spacial score (nSPS) is 20.2. The topological polar surface area (TPSA) is 49.8 Å². The lowest BCUT2D eigenvalue weighted by molar-refractivity contribution is 0.780. The molecule has 1 aromatic heterocycles. The number of nitrogens with one attached hydrogen (secondary N) is 2. The van der Waals surface area contributed by atoms with Crippen LogP contribution in [0.5, 0.6) is 0 Å². The maximum atomic E-state index is 5.72. The number of hydrogen-bond donors (Lipinski definition) is 2. The Morgan fingerprint density at radius 3 is 3.07 bits per heavy atom. The Hall–Kier alpha value is -0.580. The van der Waals surface area contributed by atoms with Gasteiger partial charge in [0.05, 0.1) is 0 Å². The summed E-state index contributed by atoms with van der Waals surface area (Å²) in [4.78, 5) is 8.12. The van der Waals surface area contributed by atoms with Gasteiger partial charge >= 0.3 is 0 Å². The van der Waals surface area contributed by atoms with Gasteiger partial charge in [0.25, 0.3) is 0 Å². The van der Waals surface area contributed by atoms with Crippen molar-refractivity contribution < 1.29 is 0 Å². The SMILES string of the molecule is Cl.Clc1ccnc(N[C@H]2CCNC2)n1. The van der Waals surface area contributed by atoms with Crippen LogP contribution >= 0.6 is 24.0 Å². The molecule has 0 spiro atoms. The molecule has 1 aliphatic heterocycles. The quantitative estimate of drug-likeness (QED) is 0.759. The van der Waals surface area contributed by atoms with Gasteiger partial charge in [0.1, 0.15) is 5.15 Å². The summed E-state index contributed by atoms with van der Waals surface area (Å²) in [5.41, 5.74) is 0. The van der Waals surface area contributed by atoms with Crippen LogP contribution in [0.4, 0.5) is 5.95 Å². The van der Waals surface area contributed by atoms with E-state index in [0.717, 1.165) is 19.5 Å². The summed E-state index contributed by atoms with van der Waals surface area (Å²) in [6.07, 6.45) is 2.76. The molecule has 2 heterocycles. The van der Waals surface area contributed by atoms with Crippen molar-refractivity contribution >= 4 is 30.0 Å². The molecule has 1 saturated heterocycles. The third-order valence-corrected chi connectivity index (χ3v) is 2.23. The molecule has 0 unspecified atom stereocenters. The lowest BCUT2D eigenvalue weighted by Gasteiger charge is -2.10. The number of aromatic nitrogens is 2. The standard InChI is InChI=1S/C8H11ClN4.ClH/c9-7-2-4-11-8(13-7)12-6-1-3-10-5-6;/h2,4,6,10H,1,3,5H2,(H,11,12,13);1H/t6-;/m0./s1. The van der Waals surface area contributed by atoms with E-state index in [2.05, 4.69) is 20.6 Å². The molecule has 1 fully saturated rings. The van der Waals surface area contributed by atoms with E-state index in [1.165, 1.54) is 0 Å². The van der Waals surface area contributed by atoms with Crippen molar-refractivity contribution in [2.75, 3.05) is 18.4 Å². The van der Waals surface area contributed by atoms with Crippen molar-refractivity contribution in [1.29, 1.82) is 0 Å². The molecule has 1 aliphatic rings. The highest BCUT2D eigenvalue weighted by Gasteiger charge is 2.14. The fraction of sp³-hybridized carbons (Fsp3) is 0.500. The smallest absolute Gasteiger partial charge is 0.224 e. The summed E-state index contributed by atoms with van der Waals surface area (Å²) in [6, 6.07) is 2.10. The zero-order valence-corrected chi connectivity index (χ0v) is 9.11. The van der Waals surface area contributed by atoms with E-state index in [4.69, 9.17) is 11.6 Å². The molecule has 0 radical (unpaired) electrons. The largest absolute Gasteiger partial charge is 0.350 e. The Morgan fingerprint density at radius 2 is 2.43 bits per heavy atom. The average Bonchev–Trinajstić information content (AvgIpc) is 2.57. The van der Waals surface area contributed by atoms with E-state index < -0.39 is 0 Å². The molecular weight excluding hydrogens is 223 g/mol. The minimum atomic E-state index is 0. The van der Waals surface area contributed by atoms with Crippen LogP contribution in [-0.2, 0) is 0 Å². The molecule has 0 aliphatic carbocycles. The highest BCUT2D eigenvalue weighted by Crippen LogP contribution is 2.09. The summed E-state index contributed by atoms with van der Waals surface area (Å²) >= 11 is 5.72. The van der Waals surface area contributed by atoms with Gasteiger partial charge in [-0.2, -0.15) is 0 Å². The number of halogens is 2. The maximum Gasteiger partial charge on any atom is 0.224 e. The van der Waals surface area contributed by atoms with Crippen molar-refractivity contribution in [2.45, 2.75) is 12.5 Å². The van der Waals surface area contributed by atoms with E-state index in [-0.39, 0.29) is 12.4 Å². The zero-order valence-electron chi connectivity index (χ0n) is 7.53. The number of nitrogens with zero attached hydrogens (tertiary/aromatic N) is 2. The fourth-order valence-corrected chi connectivity index (χ4v) is 1.50. The van der Waals surface area contributed by atoms with Crippen LogP contribution in [0.3, 0.4) is 0 Å². The Balaban J connectivity index is 0.000000980. The molecule has 0 bridgehead atoms. The van der Waals surface area contributed by atoms with Crippen LogP contribution in [0.25, 0.3) is 0 Å². The molecule has 2 N–H and O–H groups in total. The van der Waals surface area contributed by atoms with Gasteiger partial charge in [-0.1, -0.05) is 11.6 Å². The van der Waals surface area contributed by atoms with E-state index in [1.807, 2.05) is 0 Å². The predicted molar refractivity (Wildman–Crippen MR) is 59.2 cm³/mol. The molecule has 0 saturated carbocycles. The fourth-order valence-electron chi connectivity index (χ4n) is 1.37. The third-order valence-electron chi connectivity index (χ3n) is 2.02. The number of hydrogen-bond acceptors (Lipinski definition) is 4. The summed E-state index contributed by atoms with van der Waals surface area (Å²) < 4.78 is 0. The predicted octanol–water partition coefficient (Wildman–Crippen LogP) is 1.33. The molecule has 78 valence electrons. The lowest BCUT2D eigenvalue weighted by Crippen LogP contribution is -2.23. The molecule has 14 heavy (non-hydrogen) atoms. The molecular formula is C8H12Cl2N4. The van der Waals surface area contributed by atoms with Gasteiger partial charge in [0.15, 0.2) is 0 Å². The first-order chi connectivity index (χ1) is 6.34. The number of rotatable bonds is 2. The second-order valence-electron chi connectivity index (χ2n) is 3.04. The Morgan fingerprint density at radius 1 is 1.57 bits per heavy atom. The minimum Gasteiger partial charge on any atom is -0.350 e. The van der Waals surface area contributed by atoms with Gasteiger partial charge in [-0.15, -0.1) is 12.4 Å². The van der Waals surface area contributed by atoms with Crippen LogP contribution < -0.4 is 10.6 Å². The van der Waals surface area contributed by atoms with Gasteiger partial charge in [-0.25, -0.2) is 9.97 Å². The molecule has 1 atom stereocenters. The first-order valence-corrected chi connectivity index (χ1v) is 4.68. The second kappa shape index (κ2) is 5.34. The van der Waals surface area contributed by atoms with E-state index in [9.17, 15) is 0 Å². The van der Waals surface area contributed by atoms with Gasteiger partial charge in [-0.05, 0) is 19.0 Å². The Labute approximate surface area is 93.9 Å². The minimum absolute atomic E-state index is 0. The Bertz CT molecular complexity index is 288. The summed E-state index contributed by atoms with van der Waals surface area (Å²) in [5.74, 6) is 0.612. The van der Waals surface area contributed by atoms with Crippen molar-refractivity contribution in [2.24, 2.45) is 0 Å². The molecule has 0 aromatic carbocycles. The number of anilines is 1. The second-order valence-corrected chi connectivity index (χ2v) is 3.42. The van der Waals surface area contributed by atoms with Crippen LogP contribution in [0.2, 0.25) is 5.15 Å². The van der Waals surface area contributed by atoms with Crippen LogP contribution in [-0.4, -0.2) is 29.1 Å². The van der Waals surface area contributed by atoms with Crippen LogP contribution in [0, 0.1) is 0 Å². The summed E-state index contributed by atoms with van der Waals surface area (Å²) in [7, 11) is 0. The molecule has 1 aromatic rings. The van der Waals surface area contributed by atoms with Crippen LogP contribution in [0.1, 0.15) is 6.42 Å². The molecule has 6 heteroatoms. The zero-order chi connectivity index (χ0) is 9.10. The van der Waals surface area contributed by atoms with E-state index in [0.29, 0.717) is 17.1 Å². The van der Waals surface area contributed by atoms with Crippen molar-refractivity contribution in [3.8, 4) is 0 Å². The van der Waals surface area contributed by atoms with Gasteiger partial charge in [0, 0.05) is 18.8 Å². The highest BCUT2D eigenvalue weighted by molar-refractivity contribution is 6.29. The first kappa shape index (κ1) is 11.5. The van der Waals surface area contributed by atoms with Crippen molar-refractivity contribution in [1.82, 2.24) is 15.3 Å². The van der Waals surface area contributed by atoms with E-state index >= 15 is 0 Å². The molecule has 4 nitrogen and oxygen atoms in total. The van der Waals surface area contributed by atoms with Gasteiger partial charge in [-0.3, -0.25) is 0 Å². The van der Waals surface area contributed by atoms with E-state index in [1.54, 1.807) is 12.3 Å². The average molecular weight is 235 g/mol. The van der Waals surface area contributed by atoms with Crippen molar-refractivity contribution in [3.05, 3.63) is 17.4 Å². The van der Waals surface area contributed by atoms with Crippen molar-refractivity contribution in [3.63, 3.8) is 0 Å². The monoisotopic (exact) mass is 234 g/mol. The van der Waals surface area contributed by atoms with Gasteiger partial charge in [0.2, 0.25) is 5.95 Å². The Kier molecular flexibility index (Phi) is 4.38. The maximum absolute atomic E-state index is 5.72. The van der Waals surface area contributed by atoms with Gasteiger partial charge < -0.3 is 10.6 Å². The summed E-state index contributed by atoms with van der Waals surface area (Å²) in [6.45, 7) is 2.02.